The van der Waals surface area contributed by atoms with Crippen molar-refractivity contribution in [1.82, 2.24) is 5.32 Å². The molecule has 8 atom stereocenters. The number of allylic oxidation sites excluding steroid dienone is 2. The van der Waals surface area contributed by atoms with Gasteiger partial charge in [-0.15, -0.1) is 0 Å². The zero-order chi connectivity index (χ0) is 27.3. The number of nitrogens with zero attached hydrogens (tertiary/aromatic N) is 1. The molecule has 0 radical (unpaired) electrons. The zero-order valence-corrected chi connectivity index (χ0v) is 23.4. The quantitative estimate of drug-likeness (QED) is 0.341. The highest BCUT2D eigenvalue weighted by Gasteiger charge is 2.60. The van der Waals surface area contributed by atoms with E-state index in [4.69, 9.17) is 17.3 Å². The monoisotopic (exact) mass is 544 g/mol. The number of carbonyl (C=O) groups excluding carboxylic acids is 1. The van der Waals surface area contributed by atoms with E-state index in [1.807, 2.05) is 6.08 Å². The van der Waals surface area contributed by atoms with Crippen LogP contribution in [0.1, 0.15) is 70.8 Å². The van der Waals surface area contributed by atoms with E-state index in [9.17, 15) is 15.2 Å². The first-order valence-electron chi connectivity index (χ1n) is 14.5. The summed E-state index contributed by atoms with van der Waals surface area (Å²) in [7, 11) is 0. The molecule has 6 nitrogen and oxygen atoms in total. The molecular weight excluding hydrogens is 508 g/mol. The summed E-state index contributed by atoms with van der Waals surface area (Å²) in [4.78, 5) is 13.6. The maximum atomic E-state index is 13.6. The summed E-state index contributed by atoms with van der Waals surface area (Å²) < 4.78 is 0. The average molecular weight is 545 g/mol. The largest absolute Gasteiger partial charge is 0.393 e. The Morgan fingerprint density at radius 2 is 1.95 bits per heavy atom. The van der Waals surface area contributed by atoms with Crippen molar-refractivity contribution in [2.75, 3.05) is 5.32 Å². The summed E-state index contributed by atoms with van der Waals surface area (Å²) >= 11 is 6.39. The van der Waals surface area contributed by atoms with Crippen molar-refractivity contribution in [3.8, 4) is 6.07 Å². The van der Waals surface area contributed by atoms with Crippen LogP contribution in [0.5, 0.6) is 0 Å². The van der Waals surface area contributed by atoms with Gasteiger partial charge in [0.05, 0.1) is 11.7 Å². The fraction of sp³-hybridized carbons (Fsp3) is 0.562. The maximum absolute atomic E-state index is 13.6. The van der Waals surface area contributed by atoms with Crippen LogP contribution in [0.2, 0.25) is 5.02 Å². The molecule has 4 aliphatic carbocycles. The van der Waals surface area contributed by atoms with Crippen LogP contribution in [0.25, 0.3) is 0 Å². The second kappa shape index (κ2) is 8.38. The van der Waals surface area contributed by atoms with Gasteiger partial charge in [0.1, 0.15) is 17.3 Å². The fourth-order valence-corrected chi connectivity index (χ4v) is 10.1. The third kappa shape index (κ3) is 3.27. The molecule has 5 N–H and O–H groups in total. The number of benzene rings is 1. The van der Waals surface area contributed by atoms with Gasteiger partial charge in [-0.1, -0.05) is 37.1 Å². The lowest BCUT2D eigenvalue weighted by Crippen LogP contribution is -2.51. The van der Waals surface area contributed by atoms with Crippen LogP contribution in [0.3, 0.4) is 0 Å². The topological polar surface area (TPSA) is 111 Å². The molecule has 2 aliphatic heterocycles. The molecule has 4 unspecified atom stereocenters. The van der Waals surface area contributed by atoms with Crippen LogP contribution in [0, 0.1) is 45.8 Å². The third-order valence-electron chi connectivity index (χ3n) is 11.9. The number of anilines is 1. The molecule has 1 amide bonds. The number of aliphatic hydroxyl groups excluding tert-OH is 1. The Kier molecular flexibility index (Phi) is 5.42. The second-order valence-corrected chi connectivity index (χ2v) is 13.8. The summed E-state index contributed by atoms with van der Waals surface area (Å²) in [5.41, 5.74) is 9.61. The third-order valence-corrected chi connectivity index (χ3v) is 12.1. The molecule has 7 heteroatoms. The first-order chi connectivity index (χ1) is 18.6. The molecule has 1 aromatic carbocycles. The number of fused-ring (bicyclic) bond motifs is 7. The Morgan fingerprint density at radius 3 is 2.74 bits per heavy atom. The van der Waals surface area contributed by atoms with E-state index in [-0.39, 0.29) is 40.2 Å². The Bertz CT molecular complexity index is 1420. The number of hydrogen-bond acceptors (Lipinski definition) is 5. The number of aliphatic hydroxyl groups is 1. The molecule has 0 saturated heterocycles. The molecule has 1 spiro atoms. The Morgan fingerprint density at radius 1 is 1.13 bits per heavy atom. The first kappa shape index (κ1) is 25.2. The fourth-order valence-electron chi connectivity index (χ4n) is 9.95. The number of halogens is 1. The number of rotatable bonds is 1. The second-order valence-electron chi connectivity index (χ2n) is 13.4. The summed E-state index contributed by atoms with van der Waals surface area (Å²) in [6.45, 7) is 4.91. The molecule has 7 rings (SSSR count). The summed E-state index contributed by atoms with van der Waals surface area (Å²) in [5.74, 6) is 2.11. The van der Waals surface area contributed by atoms with E-state index in [1.165, 1.54) is 12.0 Å². The Hall–Kier alpha value is -2.75. The molecule has 0 bridgehead atoms. The van der Waals surface area contributed by atoms with Gasteiger partial charge in [0.25, 0.3) is 0 Å². The van der Waals surface area contributed by atoms with Crippen LogP contribution >= 0.6 is 11.6 Å². The number of nitrogens with two attached hydrogens (primary N) is 1. The highest BCUT2D eigenvalue weighted by molar-refractivity contribution is 6.31. The van der Waals surface area contributed by atoms with Crippen LogP contribution in [0.4, 0.5) is 5.69 Å². The first-order valence-corrected chi connectivity index (χ1v) is 14.9. The standard InChI is InChI=1S/C32H37ClN4O2/c1-30-11-9-19(38)13-17(30)3-5-20-21-6-7-23(31(21,2)12-10-22(20)30)27-15-32(25(16-34)28(35)36-27)24-14-18(33)4-8-26(24)37-29(32)39/h3-4,8,14-15,19-23,36,38H,5-7,9-13,35H2,1-2H3,(H,37,39)/t19-,20?,21?,22?,23+,30-,31-,32?/m0/s1. The Balaban J connectivity index is 1.27. The molecule has 204 valence electrons. The van der Waals surface area contributed by atoms with Crippen LogP contribution < -0.4 is 16.4 Å². The zero-order valence-electron chi connectivity index (χ0n) is 22.7. The van der Waals surface area contributed by atoms with E-state index < -0.39 is 5.41 Å². The minimum Gasteiger partial charge on any atom is -0.393 e. The molecule has 3 fully saturated rings. The highest BCUT2D eigenvalue weighted by Crippen LogP contribution is 2.67. The van der Waals surface area contributed by atoms with Gasteiger partial charge in [-0.2, -0.15) is 5.26 Å². The van der Waals surface area contributed by atoms with Crippen LogP contribution in [-0.2, 0) is 10.2 Å². The molecule has 6 aliphatic rings. The van der Waals surface area contributed by atoms with Gasteiger partial charge in [-0.05, 0) is 104 Å². The molecule has 2 heterocycles. The molecular formula is C32H37ClN4O2. The predicted molar refractivity (Wildman–Crippen MR) is 151 cm³/mol. The smallest absolute Gasteiger partial charge is 0.244 e. The van der Waals surface area contributed by atoms with Crippen molar-refractivity contribution in [2.24, 2.45) is 40.2 Å². The molecule has 1 aromatic rings. The highest BCUT2D eigenvalue weighted by atomic mass is 35.5. The number of hydrogen-bond donors (Lipinski definition) is 4. The van der Waals surface area contributed by atoms with Crippen molar-refractivity contribution < 1.29 is 9.90 Å². The molecule has 0 aromatic heterocycles. The van der Waals surface area contributed by atoms with Gasteiger partial charge in [0.15, 0.2) is 0 Å². The van der Waals surface area contributed by atoms with E-state index >= 15 is 0 Å². The van der Waals surface area contributed by atoms with E-state index in [0.29, 0.717) is 34.0 Å². The van der Waals surface area contributed by atoms with Crippen LogP contribution in [-0.4, -0.2) is 17.1 Å². The van der Waals surface area contributed by atoms with Crippen molar-refractivity contribution >= 4 is 23.2 Å². The van der Waals surface area contributed by atoms with Gasteiger partial charge in [-0.3, -0.25) is 4.79 Å². The van der Waals surface area contributed by atoms with Gasteiger partial charge in [0, 0.05) is 27.9 Å². The number of nitriles is 1. The summed E-state index contributed by atoms with van der Waals surface area (Å²) in [6, 6.07) is 7.59. The van der Waals surface area contributed by atoms with E-state index in [2.05, 4.69) is 36.6 Å². The van der Waals surface area contributed by atoms with Crippen molar-refractivity contribution in [3.05, 3.63) is 63.6 Å². The van der Waals surface area contributed by atoms with Gasteiger partial charge in [-0.25, -0.2) is 0 Å². The van der Waals surface area contributed by atoms with Crippen molar-refractivity contribution in [1.29, 1.82) is 5.26 Å². The molecule has 39 heavy (non-hydrogen) atoms. The maximum Gasteiger partial charge on any atom is 0.244 e. The minimum absolute atomic E-state index is 0.0771. The lowest BCUT2D eigenvalue weighted by atomic mass is 9.47. The van der Waals surface area contributed by atoms with Crippen LogP contribution in [0.15, 0.2) is 53.0 Å². The number of nitrogens with one attached hydrogen (secondary N) is 2. The van der Waals surface area contributed by atoms with Gasteiger partial charge in [0.2, 0.25) is 5.91 Å². The minimum atomic E-state index is -1.27. The van der Waals surface area contributed by atoms with Gasteiger partial charge >= 0.3 is 0 Å². The van der Waals surface area contributed by atoms with E-state index in [1.54, 1.807) is 18.2 Å². The lowest BCUT2D eigenvalue weighted by Gasteiger charge is -2.58. The summed E-state index contributed by atoms with van der Waals surface area (Å²) in [6.07, 6.45) is 12.7. The number of carbonyl (C=O) groups is 1. The number of amides is 1. The van der Waals surface area contributed by atoms with Gasteiger partial charge < -0.3 is 21.5 Å². The van der Waals surface area contributed by atoms with E-state index in [0.717, 1.165) is 50.6 Å². The number of dihydropyridines is 1. The SMILES string of the molecule is C[C@]12CC[C@H](O)CC1=CCC1C2CC[C@@]2(C)C1CC[C@@H]2C1=CC2(C(=O)Nc3ccc(Cl)cc32)C(C#N)=C(N)N1. The van der Waals surface area contributed by atoms with Crippen molar-refractivity contribution in [3.63, 3.8) is 0 Å². The summed E-state index contributed by atoms with van der Waals surface area (Å²) in [5, 5.41) is 27.4. The average Bonchev–Trinajstić information content (AvgIpc) is 3.38. The predicted octanol–water partition coefficient (Wildman–Crippen LogP) is 5.65. The Labute approximate surface area is 235 Å². The lowest BCUT2D eigenvalue weighted by molar-refractivity contribution is -0.118. The normalized spacial score (nSPS) is 42.3. The van der Waals surface area contributed by atoms with Crippen molar-refractivity contribution in [2.45, 2.75) is 76.7 Å². The molecule has 3 saturated carbocycles.